The Bertz CT molecular complexity index is 704. The first kappa shape index (κ1) is 13.7. The van der Waals surface area contributed by atoms with Crippen LogP contribution in [0.2, 0.25) is 0 Å². The molecular weight excluding hydrogens is 268 g/mol. The molecule has 0 amide bonds. The van der Waals surface area contributed by atoms with Gasteiger partial charge in [-0.05, 0) is 55.9 Å². The highest BCUT2D eigenvalue weighted by atomic mass is 16.5. The summed E-state index contributed by atoms with van der Waals surface area (Å²) < 4.78 is 7.28. The Kier molecular flexibility index (Phi) is 3.41. The molecule has 0 unspecified atom stereocenters. The Labute approximate surface area is 123 Å². The average molecular weight is 286 g/mol. The molecule has 0 saturated heterocycles. The number of carboxylic acid groups (broad SMARTS) is 1. The van der Waals surface area contributed by atoms with Gasteiger partial charge in [0.15, 0.2) is 0 Å². The van der Waals surface area contributed by atoms with Crippen molar-refractivity contribution >= 4 is 5.97 Å². The van der Waals surface area contributed by atoms with Crippen molar-refractivity contribution in [2.75, 3.05) is 0 Å². The van der Waals surface area contributed by atoms with E-state index in [2.05, 4.69) is 11.2 Å². The topological polar surface area (TPSA) is 64.4 Å². The lowest BCUT2D eigenvalue weighted by atomic mass is 9.92. The Morgan fingerprint density at radius 3 is 2.71 bits per heavy atom. The molecule has 1 heterocycles. The van der Waals surface area contributed by atoms with Gasteiger partial charge in [0.05, 0.1) is 5.69 Å². The summed E-state index contributed by atoms with van der Waals surface area (Å²) >= 11 is 0. The highest BCUT2D eigenvalue weighted by Gasteiger charge is 2.22. The highest BCUT2D eigenvalue weighted by molar-refractivity contribution is 5.91. The number of rotatable bonds is 3. The van der Waals surface area contributed by atoms with Crippen LogP contribution in [0.4, 0.5) is 0 Å². The number of fused-ring (bicyclic) bond motifs is 1. The van der Waals surface area contributed by atoms with Gasteiger partial charge in [-0.3, -0.25) is 0 Å². The molecule has 1 aromatic heterocycles. The van der Waals surface area contributed by atoms with E-state index in [1.54, 1.807) is 14.0 Å². The molecule has 110 valence electrons. The summed E-state index contributed by atoms with van der Waals surface area (Å²) in [5.41, 5.74) is 3.25. The summed E-state index contributed by atoms with van der Waals surface area (Å²) in [5.74, 6) is -0.0783. The largest absolute Gasteiger partial charge is 0.477 e. The van der Waals surface area contributed by atoms with Crippen LogP contribution in [-0.2, 0) is 19.9 Å². The summed E-state index contributed by atoms with van der Waals surface area (Å²) in [6.45, 7) is 1.67. The number of carboxylic acids is 1. The molecule has 0 radical (unpaired) electrons. The molecule has 1 aliphatic rings. The maximum absolute atomic E-state index is 11.3. The number of aryl methyl sites for hydroxylation is 4. The molecule has 21 heavy (non-hydrogen) atoms. The molecule has 1 aliphatic carbocycles. The van der Waals surface area contributed by atoms with Gasteiger partial charge in [0, 0.05) is 7.05 Å². The lowest BCUT2D eigenvalue weighted by Gasteiger charge is -2.16. The zero-order chi connectivity index (χ0) is 15.0. The third-order valence-electron chi connectivity index (χ3n) is 3.92. The minimum absolute atomic E-state index is 0.121. The van der Waals surface area contributed by atoms with Crippen molar-refractivity contribution in [2.45, 2.75) is 32.6 Å². The van der Waals surface area contributed by atoms with Crippen molar-refractivity contribution in [3.8, 4) is 11.6 Å². The van der Waals surface area contributed by atoms with Crippen LogP contribution in [0.3, 0.4) is 0 Å². The molecule has 0 saturated carbocycles. The van der Waals surface area contributed by atoms with Crippen molar-refractivity contribution in [2.24, 2.45) is 7.05 Å². The summed E-state index contributed by atoms with van der Waals surface area (Å²) in [4.78, 5) is 11.3. The van der Waals surface area contributed by atoms with E-state index in [0.29, 0.717) is 11.4 Å². The van der Waals surface area contributed by atoms with Gasteiger partial charge < -0.3 is 9.84 Å². The maximum Gasteiger partial charge on any atom is 0.343 e. The Balaban J connectivity index is 1.95. The second kappa shape index (κ2) is 5.24. The van der Waals surface area contributed by atoms with Crippen molar-refractivity contribution < 1.29 is 14.6 Å². The molecule has 0 spiro atoms. The van der Waals surface area contributed by atoms with Crippen molar-refractivity contribution in [1.29, 1.82) is 0 Å². The minimum atomic E-state index is -1.02. The first-order valence-corrected chi connectivity index (χ1v) is 7.13. The third-order valence-corrected chi connectivity index (χ3v) is 3.92. The van der Waals surface area contributed by atoms with Crippen molar-refractivity contribution in [3.05, 3.63) is 40.6 Å². The summed E-state index contributed by atoms with van der Waals surface area (Å²) in [6, 6.07) is 5.99. The van der Waals surface area contributed by atoms with E-state index in [9.17, 15) is 9.90 Å². The van der Waals surface area contributed by atoms with E-state index < -0.39 is 5.97 Å². The zero-order valence-electron chi connectivity index (χ0n) is 12.2. The smallest absolute Gasteiger partial charge is 0.343 e. The van der Waals surface area contributed by atoms with Gasteiger partial charge in [0.2, 0.25) is 5.88 Å². The lowest BCUT2D eigenvalue weighted by molar-refractivity contribution is 0.0693. The Hall–Kier alpha value is -2.30. The molecule has 1 N–H and O–H groups in total. The highest BCUT2D eigenvalue weighted by Crippen LogP contribution is 2.30. The molecule has 5 heteroatoms. The van der Waals surface area contributed by atoms with Crippen LogP contribution in [0, 0.1) is 6.92 Å². The van der Waals surface area contributed by atoms with Crippen LogP contribution >= 0.6 is 0 Å². The molecule has 0 fully saturated rings. The molecule has 0 bridgehead atoms. The molecule has 3 rings (SSSR count). The van der Waals surface area contributed by atoms with Crippen LogP contribution in [0.1, 0.15) is 40.0 Å². The standard InChI is InChI=1S/C16H18N2O3/c1-10-14(16(19)20)15(18(2)17-10)21-13-8-7-11-5-3-4-6-12(11)9-13/h7-9H,3-6H2,1-2H3,(H,19,20). The van der Waals surface area contributed by atoms with Crippen LogP contribution in [-0.4, -0.2) is 20.9 Å². The van der Waals surface area contributed by atoms with Crippen molar-refractivity contribution in [1.82, 2.24) is 9.78 Å². The lowest BCUT2D eigenvalue weighted by Crippen LogP contribution is -2.04. The van der Waals surface area contributed by atoms with E-state index in [-0.39, 0.29) is 11.4 Å². The quantitative estimate of drug-likeness (QED) is 0.941. The number of ether oxygens (including phenoxy) is 1. The minimum Gasteiger partial charge on any atom is -0.477 e. The molecular formula is C16H18N2O3. The van der Waals surface area contributed by atoms with E-state index in [1.165, 1.54) is 28.7 Å². The van der Waals surface area contributed by atoms with Gasteiger partial charge in [0.25, 0.3) is 0 Å². The van der Waals surface area contributed by atoms with Crippen LogP contribution in [0.15, 0.2) is 18.2 Å². The molecule has 1 aromatic carbocycles. The number of aromatic nitrogens is 2. The van der Waals surface area contributed by atoms with Gasteiger partial charge in [-0.25, -0.2) is 9.48 Å². The number of benzene rings is 1. The van der Waals surface area contributed by atoms with E-state index in [1.807, 2.05) is 12.1 Å². The van der Waals surface area contributed by atoms with E-state index >= 15 is 0 Å². The third kappa shape index (κ3) is 2.51. The van der Waals surface area contributed by atoms with E-state index in [4.69, 9.17) is 4.74 Å². The van der Waals surface area contributed by atoms with Gasteiger partial charge in [-0.15, -0.1) is 0 Å². The van der Waals surface area contributed by atoms with Gasteiger partial charge >= 0.3 is 5.97 Å². The zero-order valence-corrected chi connectivity index (χ0v) is 12.2. The van der Waals surface area contributed by atoms with Gasteiger partial charge in [-0.2, -0.15) is 5.10 Å². The predicted octanol–water partition coefficient (Wildman–Crippen LogP) is 3.10. The summed E-state index contributed by atoms with van der Waals surface area (Å²) in [7, 11) is 1.69. The van der Waals surface area contributed by atoms with Crippen LogP contribution < -0.4 is 4.74 Å². The fourth-order valence-corrected chi connectivity index (χ4v) is 2.89. The fourth-order valence-electron chi connectivity index (χ4n) is 2.89. The SMILES string of the molecule is Cc1nn(C)c(Oc2ccc3c(c2)CCCC3)c1C(=O)O. The predicted molar refractivity (Wildman–Crippen MR) is 78.1 cm³/mol. The number of carbonyl (C=O) groups is 1. The van der Waals surface area contributed by atoms with Crippen LogP contribution in [0.25, 0.3) is 0 Å². The number of nitrogens with zero attached hydrogens (tertiary/aromatic N) is 2. The Morgan fingerprint density at radius 2 is 2.00 bits per heavy atom. The summed E-state index contributed by atoms with van der Waals surface area (Å²) in [6.07, 6.45) is 4.60. The first-order chi connectivity index (χ1) is 10.1. The average Bonchev–Trinajstić information content (AvgIpc) is 2.73. The second-order valence-electron chi connectivity index (χ2n) is 5.43. The van der Waals surface area contributed by atoms with E-state index in [0.717, 1.165) is 12.8 Å². The number of aromatic carboxylic acids is 1. The first-order valence-electron chi connectivity index (χ1n) is 7.13. The molecule has 2 aromatic rings. The van der Waals surface area contributed by atoms with Gasteiger partial charge in [0.1, 0.15) is 11.3 Å². The van der Waals surface area contributed by atoms with Gasteiger partial charge in [-0.1, -0.05) is 6.07 Å². The van der Waals surface area contributed by atoms with Crippen LogP contribution in [0.5, 0.6) is 11.6 Å². The van der Waals surface area contributed by atoms with Crippen molar-refractivity contribution in [3.63, 3.8) is 0 Å². The monoisotopic (exact) mass is 286 g/mol. The number of hydrogen-bond donors (Lipinski definition) is 1. The molecule has 0 atom stereocenters. The molecule has 5 nitrogen and oxygen atoms in total. The number of hydrogen-bond acceptors (Lipinski definition) is 3. The maximum atomic E-state index is 11.3. The second-order valence-corrected chi connectivity index (χ2v) is 5.43. The summed E-state index contributed by atoms with van der Waals surface area (Å²) in [5, 5.41) is 13.4. The molecule has 0 aliphatic heterocycles. The normalized spacial score (nSPS) is 13.8. The Morgan fingerprint density at radius 1 is 1.29 bits per heavy atom. The fraction of sp³-hybridized carbons (Fsp3) is 0.375.